The Morgan fingerprint density at radius 1 is 0.897 bits per heavy atom. The van der Waals surface area contributed by atoms with E-state index < -0.39 is 16.1 Å². The van der Waals surface area contributed by atoms with Crippen LogP contribution >= 0.6 is 0 Å². The normalized spacial score (nSPS) is 12.0. The number of anilines is 1. The van der Waals surface area contributed by atoms with E-state index in [0.717, 1.165) is 22.3 Å². The Hall–Kier alpha value is -3.65. The molecule has 0 saturated heterocycles. The highest BCUT2D eigenvalue weighted by Gasteiger charge is 2.30. The van der Waals surface area contributed by atoms with Gasteiger partial charge in [-0.3, -0.25) is 13.9 Å². The van der Waals surface area contributed by atoms with Crippen LogP contribution < -0.4 is 9.62 Å². The van der Waals surface area contributed by atoms with Crippen LogP contribution in [0.5, 0.6) is 0 Å². The molecule has 39 heavy (non-hydrogen) atoms. The quantitative estimate of drug-likeness (QED) is 0.337. The van der Waals surface area contributed by atoms with Gasteiger partial charge in [-0.05, 0) is 55.5 Å². The van der Waals surface area contributed by atoms with Crippen molar-refractivity contribution in [1.29, 1.82) is 0 Å². The summed E-state index contributed by atoms with van der Waals surface area (Å²) >= 11 is 0. The Morgan fingerprint density at radius 2 is 1.51 bits per heavy atom. The highest BCUT2D eigenvalue weighted by Crippen LogP contribution is 2.25. The first-order chi connectivity index (χ1) is 18.6. The van der Waals surface area contributed by atoms with Gasteiger partial charge in [-0.15, -0.1) is 0 Å². The fourth-order valence-electron chi connectivity index (χ4n) is 4.60. The second-order valence-corrected chi connectivity index (χ2v) is 11.7. The number of aryl methyl sites for hydroxylation is 2. The maximum absolute atomic E-state index is 13.8. The highest BCUT2D eigenvalue weighted by molar-refractivity contribution is 7.92. The molecule has 0 fully saturated rings. The molecule has 0 unspecified atom stereocenters. The average Bonchev–Trinajstić information content (AvgIpc) is 2.90. The smallest absolute Gasteiger partial charge is 0.243 e. The van der Waals surface area contributed by atoms with Gasteiger partial charge in [-0.25, -0.2) is 8.42 Å². The number of sulfonamides is 1. The zero-order chi connectivity index (χ0) is 28.4. The minimum absolute atomic E-state index is 0.106. The molecule has 0 spiro atoms. The van der Waals surface area contributed by atoms with Crippen LogP contribution in [0.3, 0.4) is 0 Å². The van der Waals surface area contributed by atoms with Gasteiger partial charge in [0, 0.05) is 32.5 Å². The van der Waals surface area contributed by atoms with Gasteiger partial charge in [-0.2, -0.15) is 0 Å². The number of carbonyl (C=O) groups excluding carboxylic acids is 2. The molecular formula is C31H39N3O4S. The molecule has 0 bridgehead atoms. The van der Waals surface area contributed by atoms with Gasteiger partial charge in [0.05, 0.1) is 11.9 Å². The van der Waals surface area contributed by atoms with Crippen molar-refractivity contribution in [2.75, 3.05) is 23.7 Å². The number of benzene rings is 3. The molecule has 0 heterocycles. The van der Waals surface area contributed by atoms with E-state index in [1.165, 1.54) is 10.6 Å². The summed E-state index contributed by atoms with van der Waals surface area (Å²) in [6, 6.07) is 24.2. The van der Waals surface area contributed by atoms with Crippen molar-refractivity contribution >= 4 is 27.5 Å². The maximum Gasteiger partial charge on any atom is 0.243 e. The number of hydrogen-bond acceptors (Lipinski definition) is 4. The molecule has 1 atom stereocenters. The molecule has 3 aromatic rings. The first kappa shape index (κ1) is 29.9. The van der Waals surface area contributed by atoms with Crippen molar-refractivity contribution in [2.24, 2.45) is 0 Å². The van der Waals surface area contributed by atoms with Crippen LogP contribution in [-0.2, 0) is 32.6 Å². The Kier molecular flexibility index (Phi) is 10.7. The third-order valence-electron chi connectivity index (χ3n) is 6.60. The molecule has 7 nitrogen and oxygen atoms in total. The van der Waals surface area contributed by atoms with E-state index >= 15 is 0 Å². The Labute approximate surface area is 232 Å². The number of likely N-dealkylation sites (N-methyl/N-ethyl adjacent to an activating group) is 1. The van der Waals surface area contributed by atoms with E-state index in [1.54, 1.807) is 4.90 Å². The lowest BCUT2D eigenvalue weighted by atomic mass is 10.0. The molecule has 3 rings (SSSR count). The van der Waals surface area contributed by atoms with Crippen molar-refractivity contribution in [1.82, 2.24) is 10.2 Å². The first-order valence-corrected chi connectivity index (χ1v) is 15.1. The van der Waals surface area contributed by atoms with Gasteiger partial charge in [0.1, 0.15) is 6.04 Å². The van der Waals surface area contributed by atoms with Gasteiger partial charge >= 0.3 is 0 Å². The Balaban J connectivity index is 1.86. The topological polar surface area (TPSA) is 86.8 Å². The van der Waals surface area contributed by atoms with E-state index in [1.807, 2.05) is 99.6 Å². The molecule has 0 aromatic heterocycles. The van der Waals surface area contributed by atoms with E-state index in [2.05, 4.69) is 5.32 Å². The number of rotatable bonds is 13. The van der Waals surface area contributed by atoms with Crippen LogP contribution in [0.25, 0.3) is 0 Å². The van der Waals surface area contributed by atoms with Crippen molar-refractivity contribution in [3.8, 4) is 0 Å². The Morgan fingerprint density at radius 3 is 2.10 bits per heavy atom. The van der Waals surface area contributed by atoms with Gasteiger partial charge in [-0.1, -0.05) is 72.8 Å². The molecule has 0 saturated carbocycles. The minimum Gasteiger partial charge on any atom is -0.355 e. The summed E-state index contributed by atoms with van der Waals surface area (Å²) in [4.78, 5) is 28.6. The molecule has 0 aliphatic rings. The van der Waals surface area contributed by atoms with Gasteiger partial charge in [0.25, 0.3) is 0 Å². The van der Waals surface area contributed by atoms with Crippen LogP contribution in [0.1, 0.15) is 42.0 Å². The molecule has 3 aromatic carbocycles. The van der Waals surface area contributed by atoms with Crippen LogP contribution in [0.4, 0.5) is 5.69 Å². The summed E-state index contributed by atoms with van der Waals surface area (Å²) in [5, 5.41) is 2.89. The second-order valence-electron chi connectivity index (χ2n) is 9.84. The summed E-state index contributed by atoms with van der Waals surface area (Å²) in [6.45, 7) is 6.55. The highest BCUT2D eigenvalue weighted by atomic mass is 32.2. The molecule has 8 heteroatoms. The van der Waals surface area contributed by atoms with Gasteiger partial charge in [0.2, 0.25) is 21.8 Å². The molecule has 0 aliphatic carbocycles. The lowest BCUT2D eigenvalue weighted by Crippen LogP contribution is -2.50. The second kappa shape index (κ2) is 13.9. The summed E-state index contributed by atoms with van der Waals surface area (Å²) in [5.74, 6) is -0.403. The number of nitrogens with zero attached hydrogens (tertiary/aromatic N) is 2. The monoisotopic (exact) mass is 549 g/mol. The summed E-state index contributed by atoms with van der Waals surface area (Å²) in [6.07, 6.45) is 1.99. The van der Waals surface area contributed by atoms with Crippen LogP contribution in [-0.4, -0.2) is 50.5 Å². The molecule has 0 radical (unpaired) electrons. The van der Waals surface area contributed by atoms with Gasteiger partial charge in [0.15, 0.2) is 0 Å². The molecular weight excluding hydrogens is 510 g/mol. The number of amides is 2. The summed E-state index contributed by atoms with van der Waals surface area (Å²) < 4.78 is 26.8. The van der Waals surface area contributed by atoms with Crippen molar-refractivity contribution in [3.63, 3.8) is 0 Å². The van der Waals surface area contributed by atoms with E-state index in [0.29, 0.717) is 25.1 Å². The largest absolute Gasteiger partial charge is 0.355 e. The molecule has 0 aliphatic heterocycles. The molecule has 208 valence electrons. The third kappa shape index (κ3) is 8.68. The SMILES string of the molecule is CCNC(=O)[C@H](Cc1ccccc1)N(Cc1ccccc1)C(=O)CCCN(c1cc(C)ccc1C)S(C)(=O)=O. The summed E-state index contributed by atoms with van der Waals surface area (Å²) in [5.41, 5.74) is 4.30. The van der Waals surface area contributed by atoms with Crippen LogP contribution in [0.2, 0.25) is 0 Å². The number of carbonyl (C=O) groups is 2. The lowest BCUT2D eigenvalue weighted by molar-refractivity contribution is -0.141. The first-order valence-electron chi connectivity index (χ1n) is 13.3. The van der Waals surface area contributed by atoms with E-state index in [4.69, 9.17) is 0 Å². The van der Waals surface area contributed by atoms with E-state index in [9.17, 15) is 18.0 Å². The van der Waals surface area contributed by atoms with Crippen molar-refractivity contribution in [3.05, 3.63) is 101 Å². The zero-order valence-corrected chi connectivity index (χ0v) is 24.1. The minimum atomic E-state index is -3.56. The molecule has 2 amide bonds. The van der Waals surface area contributed by atoms with Crippen LogP contribution in [0.15, 0.2) is 78.9 Å². The fourth-order valence-corrected chi connectivity index (χ4v) is 5.61. The molecule has 1 N–H and O–H groups in total. The predicted octanol–water partition coefficient (Wildman–Crippen LogP) is 4.63. The summed E-state index contributed by atoms with van der Waals surface area (Å²) in [7, 11) is -3.56. The average molecular weight is 550 g/mol. The van der Waals surface area contributed by atoms with Crippen molar-refractivity contribution in [2.45, 2.75) is 52.6 Å². The van der Waals surface area contributed by atoms with E-state index in [-0.39, 0.29) is 31.3 Å². The maximum atomic E-state index is 13.8. The standard InChI is InChI=1S/C31H39N3O4S/c1-5-32-31(36)29(22-26-13-8-6-9-14-26)33(23-27-15-10-7-11-16-27)30(35)17-12-20-34(39(4,37)38)28-21-24(2)18-19-25(28)3/h6-11,13-16,18-19,21,29H,5,12,17,20,22-23H2,1-4H3,(H,32,36)/t29-/m0/s1. The Bertz CT molecular complexity index is 1340. The fraction of sp³-hybridized carbons (Fsp3) is 0.355. The number of hydrogen-bond donors (Lipinski definition) is 1. The predicted molar refractivity (Wildman–Crippen MR) is 157 cm³/mol. The van der Waals surface area contributed by atoms with Crippen molar-refractivity contribution < 1.29 is 18.0 Å². The third-order valence-corrected chi connectivity index (χ3v) is 7.78. The lowest BCUT2D eigenvalue weighted by Gasteiger charge is -2.32. The van der Waals surface area contributed by atoms with Gasteiger partial charge < -0.3 is 10.2 Å². The zero-order valence-electron chi connectivity index (χ0n) is 23.3. The van der Waals surface area contributed by atoms with Crippen LogP contribution in [0, 0.1) is 13.8 Å². The number of nitrogens with one attached hydrogen (secondary N) is 1.